The maximum absolute atomic E-state index is 11.7. The first-order valence-electron chi connectivity index (χ1n) is 7.51. The van der Waals surface area contributed by atoms with Crippen molar-refractivity contribution in [1.82, 2.24) is 0 Å². The van der Waals surface area contributed by atoms with E-state index in [2.05, 4.69) is 0 Å². The van der Waals surface area contributed by atoms with Crippen molar-refractivity contribution in [3.05, 3.63) is 35.9 Å². The lowest BCUT2D eigenvalue weighted by molar-refractivity contribution is -0.156. The molecule has 0 amide bonds. The molecule has 1 aromatic rings. The third kappa shape index (κ3) is 7.78. The highest BCUT2D eigenvalue weighted by Crippen LogP contribution is 2.07. The summed E-state index contributed by atoms with van der Waals surface area (Å²) < 4.78 is 15.6. The minimum absolute atomic E-state index is 0.0432. The topological polar surface area (TPSA) is 61.8 Å². The van der Waals surface area contributed by atoms with E-state index in [1.807, 2.05) is 44.2 Å². The summed E-state index contributed by atoms with van der Waals surface area (Å²) in [4.78, 5) is 23.3. The van der Waals surface area contributed by atoms with E-state index in [4.69, 9.17) is 14.2 Å². The van der Waals surface area contributed by atoms with Crippen LogP contribution in [0.3, 0.4) is 0 Å². The van der Waals surface area contributed by atoms with Crippen LogP contribution in [0.15, 0.2) is 30.3 Å². The quantitative estimate of drug-likeness (QED) is 0.656. The number of carbonyl (C=O) groups excluding carboxylic acids is 2. The van der Waals surface area contributed by atoms with Crippen molar-refractivity contribution < 1.29 is 23.8 Å². The molecular formula is C17H24O5. The Morgan fingerprint density at radius 1 is 1.00 bits per heavy atom. The summed E-state index contributed by atoms with van der Waals surface area (Å²) in [6, 6.07) is 9.42. The summed E-state index contributed by atoms with van der Waals surface area (Å²) >= 11 is 0. The SMILES string of the molecule is CCO[C@@H](C)CC(=O)O[C@@H](C)CC(=O)OCc1ccccc1. The van der Waals surface area contributed by atoms with Crippen molar-refractivity contribution >= 4 is 11.9 Å². The predicted octanol–water partition coefficient (Wildman–Crippen LogP) is 2.87. The van der Waals surface area contributed by atoms with E-state index in [-0.39, 0.29) is 37.5 Å². The number of rotatable bonds is 9. The van der Waals surface area contributed by atoms with Gasteiger partial charge in [0.2, 0.25) is 0 Å². The Kier molecular flexibility index (Phi) is 8.22. The van der Waals surface area contributed by atoms with E-state index >= 15 is 0 Å². The van der Waals surface area contributed by atoms with Crippen molar-refractivity contribution in [2.24, 2.45) is 0 Å². The van der Waals surface area contributed by atoms with Gasteiger partial charge in [-0.3, -0.25) is 9.59 Å². The van der Waals surface area contributed by atoms with E-state index < -0.39 is 6.10 Å². The van der Waals surface area contributed by atoms with Crippen LogP contribution in [0, 0.1) is 0 Å². The smallest absolute Gasteiger partial charge is 0.309 e. The maximum Gasteiger partial charge on any atom is 0.309 e. The van der Waals surface area contributed by atoms with E-state index in [1.165, 1.54) is 0 Å². The third-order valence-corrected chi connectivity index (χ3v) is 2.93. The Labute approximate surface area is 131 Å². The highest BCUT2D eigenvalue weighted by molar-refractivity contribution is 5.72. The average molecular weight is 308 g/mol. The Bertz CT molecular complexity index is 457. The maximum atomic E-state index is 11.7. The number of hydrogen-bond acceptors (Lipinski definition) is 5. The molecule has 0 unspecified atom stereocenters. The molecule has 0 radical (unpaired) electrons. The third-order valence-electron chi connectivity index (χ3n) is 2.93. The number of esters is 2. The van der Waals surface area contributed by atoms with Gasteiger partial charge in [-0.1, -0.05) is 30.3 Å². The van der Waals surface area contributed by atoms with Gasteiger partial charge in [0.05, 0.1) is 18.9 Å². The van der Waals surface area contributed by atoms with E-state index in [0.717, 1.165) is 5.56 Å². The molecule has 122 valence electrons. The highest BCUT2D eigenvalue weighted by atomic mass is 16.6. The second kappa shape index (κ2) is 9.95. The zero-order chi connectivity index (χ0) is 16.4. The molecule has 0 bridgehead atoms. The predicted molar refractivity (Wildman–Crippen MR) is 82.1 cm³/mol. The van der Waals surface area contributed by atoms with Gasteiger partial charge in [0.1, 0.15) is 12.7 Å². The Hall–Kier alpha value is -1.88. The zero-order valence-electron chi connectivity index (χ0n) is 13.4. The molecule has 1 aromatic carbocycles. The van der Waals surface area contributed by atoms with Gasteiger partial charge in [0, 0.05) is 6.61 Å². The number of ether oxygens (including phenoxy) is 3. The summed E-state index contributed by atoms with van der Waals surface area (Å²) in [6.07, 6.45) is -0.474. The normalized spacial score (nSPS) is 13.2. The van der Waals surface area contributed by atoms with E-state index in [9.17, 15) is 9.59 Å². The van der Waals surface area contributed by atoms with Crippen LogP contribution in [-0.2, 0) is 30.4 Å². The fraction of sp³-hybridized carbons (Fsp3) is 0.529. The van der Waals surface area contributed by atoms with E-state index in [0.29, 0.717) is 6.61 Å². The van der Waals surface area contributed by atoms with Gasteiger partial charge < -0.3 is 14.2 Å². The molecule has 0 aliphatic rings. The molecule has 0 aliphatic heterocycles. The minimum Gasteiger partial charge on any atom is -0.462 e. The van der Waals surface area contributed by atoms with Gasteiger partial charge in [0.15, 0.2) is 0 Å². The van der Waals surface area contributed by atoms with Crippen LogP contribution >= 0.6 is 0 Å². The number of benzene rings is 1. The molecule has 0 fully saturated rings. The lowest BCUT2D eigenvalue weighted by Crippen LogP contribution is -2.23. The summed E-state index contributed by atoms with van der Waals surface area (Å²) in [6.45, 7) is 6.13. The van der Waals surface area contributed by atoms with Crippen LogP contribution in [0.1, 0.15) is 39.2 Å². The minimum atomic E-state index is -0.510. The molecule has 0 spiro atoms. The van der Waals surface area contributed by atoms with Crippen molar-refractivity contribution in [3.63, 3.8) is 0 Å². The lowest BCUT2D eigenvalue weighted by atomic mass is 10.2. The van der Waals surface area contributed by atoms with Crippen LogP contribution in [0.4, 0.5) is 0 Å². The molecule has 0 heterocycles. The average Bonchev–Trinajstić information content (AvgIpc) is 2.46. The molecule has 0 saturated carbocycles. The van der Waals surface area contributed by atoms with Gasteiger partial charge in [-0.15, -0.1) is 0 Å². The lowest BCUT2D eigenvalue weighted by Gasteiger charge is -2.15. The van der Waals surface area contributed by atoms with Crippen molar-refractivity contribution in [2.75, 3.05) is 6.61 Å². The zero-order valence-corrected chi connectivity index (χ0v) is 13.4. The second-order valence-electron chi connectivity index (χ2n) is 5.12. The number of carbonyl (C=O) groups is 2. The van der Waals surface area contributed by atoms with Gasteiger partial charge in [-0.25, -0.2) is 0 Å². The molecular weight excluding hydrogens is 284 g/mol. The molecule has 0 aliphatic carbocycles. The fourth-order valence-electron chi connectivity index (χ4n) is 1.92. The largest absolute Gasteiger partial charge is 0.462 e. The summed E-state index contributed by atoms with van der Waals surface area (Å²) in [5.41, 5.74) is 0.922. The standard InChI is InChI=1S/C17H24O5/c1-4-20-13(2)10-17(19)22-14(3)11-16(18)21-12-15-8-6-5-7-9-15/h5-9,13-14H,4,10-12H2,1-3H3/t13-,14-/m0/s1. The van der Waals surface area contributed by atoms with E-state index in [1.54, 1.807) is 6.92 Å². The molecule has 0 aromatic heterocycles. The van der Waals surface area contributed by atoms with Crippen molar-refractivity contribution in [1.29, 1.82) is 0 Å². The van der Waals surface area contributed by atoms with Crippen LogP contribution < -0.4 is 0 Å². The Morgan fingerprint density at radius 2 is 1.64 bits per heavy atom. The first-order chi connectivity index (χ1) is 10.5. The van der Waals surface area contributed by atoms with Gasteiger partial charge >= 0.3 is 11.9 Å². The fourth-order valence-corrected chi connectivity index (χ4v) is 1.92. The molecule has 5 heteroatoms. The molecule has 0 saturated heterocycles. The van der Waals surface area contributed by atoms with Crippen LogP contribution in [0.5, 0.6) is 0 Å². The van der Waals surface area contributed by atoms with Crippen molar-refractivity contribution in [2.45, 2.75) is 52.4 Å². The van der Waals surface area contributed by atoms with Crippen molar-refractivity contribution in [3.8, 4) is 0 Å². The van der Waals surface area contributed by atoms with Crippen LogP contribution in [-0.4, -0.2) is 30.8 Å². The Morgan fingerprint density at radius 3 is 2.27 bits per heavy atom. The molecule has 5 nitrogen and oxygen atoms in total. The molecule has 22 heavy (non-hydrogen) atoms. The summed E-state index contributed by atoms with van der Waals surface area (Å²) in [5.74, 6) is -0.758. The van der Waals surface area contributed by atoms with Gasteiger partial charge in [0.25, 0.3) is 0 Å². The van der Waals surface area contributed by atoms with Crippen LogP contribution in [0.25, 0.3) is 0 Å². The molecule has 0 N–H and O–H groups in total. The molecule has 2 atom stereocenters. The van der Waals surface area contributed by atoms with Gasteiger partial charge in [-0.2, -0.15) is 0 Å². The van der Waals surface area contributed by atoms with Crippen LogP contribution in [0.2, 0.25) is 0 Å². The Balaban J connectivity index is 2.24. The first-order valence-corrected chi connectivity index (χ1v) is 7.51. The highest BCUT2D eigenvalue weighted by Gasteiger charge is 2.17. The monoisotopic (exact) mass is 308 g/mol. The van der Waals surface area contributed by atoms with Gasteiger partial charge in [-0.05, 0) is 26.3 Å². The first kappa shape index (κ1) is 18.2. The second-order valence-corrected chi connectivity index (χ2v) is 5.12. The number of hydrogen-bond donors (Lipinski definition) is 0. The summed E-state index contributed by atoms with van der Waals surface area (Å²) in [5, 5.41) is 0. The summed E-state index contributed by atoms with van der Waals surface area (Å²) in [7, 11) is 0. The molecule has 1 rings (SSSR count).